The average molecular weight is 408 g/mol. The van der Waals surface area contributed by atoms with Crippen molar-refractivity contribution in [3.8, 4) is 22.8 Å². The molecule has 6 heteroatoms. The maximum atomic E-state index is 12.8. The molecule has 150 valence electrons. The van der Waals surface area contributed by atoms with Gasteiger partial charge in [0.15, 0.2) is 5.76 Å². The molecule has 0 saturated carbocycles. The summed E-state index contributed by atoms with van der Waals surface area (Å²) in [5.74, 6) is 0.794. The normalized spacial score (nSPS) is 14.5. The molecule has 0 amide bonds. The maximum Gasteiger partial charge on any atom is 0.235 e. The number of aromatic hydroxyl groups is 1. The number of para-hydroxylation sites is 1. The van der Waals surface area contributed by atoms with Crippen LogP contribution in [0.3, 0.4) is 0 Å². The molecular formula is C25H16N2O4. The van der Waals surface area contributed by atoms with E-state index in [4.69, 9.17) is 9.15 Å². The van der Waals surface area contributed by atoms with Gasteiger partial charge < -0.3 is 18.8 Å². The molecule has 31 heavy (non-hydrogen) atoms. The van der Waals surface area contributed by atoms with Crippen molar-refractivity contribution in [2.24, 2.45) is 7.05 Å². The minimum atomic E-state index is -0.348. The Kier molecular flexibility index (Phi) is 3.58. The fourth-order valence-corrected chi connectivity index (χ4v) is 4.12. The molecule has 4 heterocycles. The van der Waals surface area contributed by atoms with Crippen LogP contribution in [0.2, 0.25) is 0 Å². The van der Waals surface area contributed by atoms with Crippen LogP contribution in [0.4, 0.5) is 0 Å². The Balaban J connectivity index is 1.55. The lowest BCUT2D eigenvalue weighted by atomic mass is 10.0. The third-order valence-electron chi connectivity index (χ3n) is 5.54. The lowest BCUT2D eigenvalue weighted by Gasteiger charge is -2.02. The van der Waals surface area contributed by atoms with Crippen molar-refractivity contribution in [2.45, 2.75) is 0 Å². The van der Waals surface area contributed by atoms with Crippen LogP contribution in [0.5, 0.6) is 11.5 Å². The van der Waals surface area contributed by atoms with Crippen LogP contribution in [-0.2, 0) is 7.05 Å². The van der Waals surface area contributed by atoms with E-state index in [0.717, 1.165) is 38.9 Å². The number of phenols is 1. The van der Waals surface area contributed by atoms with Gasteiger partial charge in [0.25, 0.3) is 0 Å². The van der Waals surface area contributed by atoms with E-state index in [1.54, 1.807) is 24.4 Å². The number of phenolic OH excluding ortho intramolecular Hbond substituents is 1. The number of carbonyl (C=O) groups is 1. The van der Waals surface area contributed by atoms with Crippen molar-refractivity contribution >= 4 is 33.9 Å². The number of ether oxygens (including phenoxy) is 1. The summed E-state index contributed by atoms with van der Waals surface area (Å²) in [7, 11) is 1.90. The first kappa shape index (κ1) is 17.5. The highest BCUT2D eigenvalue weighted by Crippen LogP contribution is 2.39. The van der Waals surface area contributed by atoms with E-state index in [0.29, 0.717) is 5.75 Å². The van der Waals surface area contributed by atoms with Crippen molar-refractivity contribution in [3.63, 3.8) is 0 Å². The standard InChI is InChI=1S/C25H16N2O4/c1-27-13-15(12-21-24(29)23-17(28)6-4-8-19(23)31-21)22-16(9-10-26-25(22)27)20-11-14-5-2-3-7-18(14)30-20/h2-13,28H,1H3. The summed E-state index contributed by atoms with van der Waals surface area (Å²) in [5, 5.41) is 11.9. The molecule has 0 saturated heterocycles. The first-order valence-corrected chi connectivity index (χ1v) is 9.79. The summed E-state index contributed by atoms with van der Waals surface area (Å²) in [6, 6.07) is 16.5. The molecule has 3 aromatic heterocycles. The fraction of sp³-hybridized carbons (Fsp3) is 0.0400. The number of ketones is 1. The van der Waals surface area contributed by atoms with E-state index in [1.807, 2.05) is 54.2 Å². The first-order valence-electron chi connectivity index (χ1n) is 9.79. The van der Waals surface area contributed by atoms with Crippen LogP contribution < -0.4 is 4.74 Å². The zero-order valence-corrected chi connectivity index (χ0v) is 16.5. The number of pyridine rings is 1. The second kappa shape index (κ2) is 6.34. The number of nitrogens with zero attached hydrogens (tertiary/aromatic N) is 2. The molecule has 0 radical (unpaired) electrons. The smallest absolute Gasteiger partial charge is 0.235 e. The second-order valence-corrected chi connectivity index (χ2v) is 7.49. The van der Waals surface area contributed by atoms with Crippen molar-refractivity contribution < 1.29 is 19.1 Å². The summed E-state index contributed by atoms with van der Waals surface area (Å²) in [5.41, 5.74) is 3.40. The first-order chi connectivity index (χ1) is 15.1. The van der Waals surface area contributed by atoms with Gasteiger partial charge in [-0.2, -0.15) is 0 Å². The highest BCUT2D eigenvalue weighted by Gasteiger charge is 2.30. The number of fused-ring (bicyclic) bond motifs is 3. The van der Waals surface area contributed by atoms with Gasteiger partial charge in [0.2, 0.25) is 5.78 Å². The Morgan fingerprint density at radius 1 is 1.10 bits per heavy atom. The molecule has 6 rings (SSSR count). The maximum absolute atomic E-state index is 12.8. The molecule has 2 aromatic carbocycles. The van der Waals surface area contributed by atoms with Crippen molar-refractivity contribution in [2.75, 3.05) is 0 Å². The van der Waals surface area contributed by atoms with Gasteiger partial charge in [-0.15, -0.1) is 0 Å². The predicted molar refractivity (Wildman–Crippen MR) is 117 cm³/mol. The average Bonchev–Trinajstić information content (AvgIpc) is 3.43. The van der Waals surface area contributed by atoms with E-state index >= 15 is 0 Å². The molecule has 0 spiro atoms. The molecule has 1 N–H and O–H groups in total. The van der Waals surface area contributed by atoms with Crippen LogP contribution >= 0.6 is 0 Å². The van der Waals surface area contributed by atoms with Crippen LogP contribution in [0.1, 0.15) is 15.9 Å². The van der Waals surface area contributed by atoms with Gasteiger partial charge in [-0.1, -0.05) is 24.3 Å². The van der Waals surface area contributed by atoms with Crippen LogP contribution in [0.25, 0.3) is 39.4 Å². The largest absolute Gasteiger partial charge is 0.507 e. The van der Waals surface area contributed by atoms with Gasteiger partial charge in [-0.25, -0.2) is 4.98 Å². The number of furan rings is 1. The van der Waals surface area contributed by atoms with Crippen LogP contribution in [0, 0.1) is 0 Å². The number of hydrogen-bond donors (Lipinski definition) is 1. The number of carbonyl (C=O) groups excluding carboxylic acids is 1. The molecular weight excluding hydrogens is 392 g/mol. The van der Waals surface area contributed by atoms with Crippen molar-refractivity contribution in [1.29, 1.82) is 0 Å². The van der Waals surface area contributed by atoms with E-state index in [1.165, 1.54) is 6.07 Å². The Hall–Kier alpha value is -4.32. The highest BCUT2D eigenvalue weighted by atomic mass is 16.5. The molecule has 1 aliphatic rings. The zero-order valence-electron chi connectivity index (χ0n) is 16.5. The summed E-state index contributed by atoms with van der Waals surface area (Å²) in [4.78, 5) is 17.4. The Bertz CT molecular complexity index is 1520. The number of rotatable bonds is 2. The summed E-state index contributed by atoms with van der Waals surface area (Å²) in [6.45, 7) is 0. The Labute approximate surface area is 176 Å². The number of hydrogen-bond acceptors (Lipinski definition) is 5. The zero-order chi connectivity index (χ0) is 21.1. The number of aryl methyl sites for hydroxylation is 1. The monoisotopic (exact) mass is 408 g/mol. The van der Waals surface area contributed by atoms with Crippen molar-refractivity contribution in [3.05, 3.63) is 83.9 Å². The quantitative estimate of drug-likeness (QED) is 0.401. The molecule has 0 unspecified atom stereocenters. The molecule has 0 atom stereocenters. The molecule has 5 aromatic rings. The molecule has 6 nitrogen and oxygen atoms in total. The number of benzene rings is 2. The molecule has 0 aliphatic carbocycles. The minimum Gasteiger partial charge on any atom is -0.507 e. The van der Waals surface area contributed by atoms with Crippen molar-refractivity contribution in [1.82, 2.24) is 9.55 Å². The number of aromatic nitrogens is 2. The van der Waals surface area contributed by atoms with E-state index in [-0.39, 0.29) is 22.9 Å². The van der Waals surface area contributed by atoms with Gasteiger partial charge in [0.1, 0.15) is 34.1 Å². The lowest BCUT2D eigenvalue weighted by molar-refractivity contribution is 0.101. The minimum absolute atomic E-state index is 0.0894. The van der Waals surface area contributed by atoms with Gasteiger partial charge in [0.05, 0.1) is 0 Å². The summed E-state index contributed by atoms with van der Waals surface area (Å²) >= 11 is 0. The molecule has 1 aliphatic heterocycles. The Morgan fingerprint density at radius 2 is 1.97 bits per heavy atom. The predicted octanol–water partition coefficient (Wildman–Crippen LogP) is 5.31. The molecule has 0 fully saturated rings. The Morgan fingerprint density at radius 3 is 2.81 bits per heavy atom. The van der Waals surface area contributed by atoms with E-state index in [2.05, 4.69) is 4.98 Å². The lowest BCUT2D eigenvalue weighted by Crippen LogP contribution is -1.98. The topological polar surface area (TPSA) is 77.5 Å². The number of allylic oxidation sites excluding steroid dienone is 1. The van der Waals surface area contributed by atoms with Gasteiger partial charge in [-0.3, -0.25) is 4.79 Å². The highest BCUT2D eigenvalue weighted by molar-refractivity contribution is 6.17. The SMILES string of the molecule is Cn1cc(C=C2Oc3cccc(O)c3C2=O)c2c(-c3cc4ccccc4o3)ccnc21. The van der Waals surface area contributed by atoms with Gasteiger partial charge >= 0.3 is 0 Å². The van der Waals surface area contributed by atoms with Crippen LogP contribution in [0.15, 0.2) is 77.2 Å². The second-order valence-electron chi connectivity index (χ2n) is 7.49. The fourth-order valence-electron chi connectivity index (χ4n) is 4.12. The van der Waals surface area contributed by atoms with Crippen LogP contribution in [-0.4, -0.2) is 20.4 Å². The van der Waals surface area contributed by atoms with Gasteiger partial charge in [0, 0.05) is 41.3 Å². The third-order valence-corrected chi connectivity index (χ3v) is 5.54. The third kappa shape index (κ3) is 2.58. The van der Waals surface area contributed by atoms with Gasteiger partial charge in [-0.05, 0) is 36.4 Å². The molecule has 0 bridgehead atoms. The number of Topliss-reactive ketones (excluding diaryl/α,β-unsaturated/α-hetero) is 1. The summed E-state index contributed by atoms with van der Waals surface area (Å²) < 4.78 is 13.7. The van der Waals surface area contributed by atoms with E-state index in [9.17, 15) is 9.90 Å². The summed E-state index contributed by atoms with van der Waals surface area (Å²) in [6.07, 6.45) is 5.33. The van der Waals surface area contributed by atoms with E-state index < -0.39 is 0 Å².